The Bertz CT molecular complexity index is 620. The van der Waals surface area contributed by atoms with E-state index in [1.54, 1.807) is 48.3 Å². The first-order valence-electron chi connectivity index (χ1n) is 6.64. The van der Waals surface area contributed by atoms with Crippen LogP contribution in [0.1, 0.15) is 23.7 Å². The number of carboxylic acids is 1. The van der Waals surface area contributed by atoms with Gasteiger partial charge in [-0.05, 0) is 36.8 Å². The summed E-state index contributed by atoms with van der Waals surface area (Å²) < 4.78 is 1.68. The second-order valence-electron chi connectivity index (χ2n) is 4.68. The molecule has 0 aliphatic carbocycles. The van der Waals surface area contributed by atoms with Crippen LogP contribution in [0.4, 0.5) is 0 Å². The minimum atomic E-state index is -0.999. The van der Waals surface area contributed by atoms with E-state index in [1.165, 1.54) is 11.9 Å². The SMILES string of the molecule is CCC(C(=O)O)N(C)C(=O)c1ccc(-n2cccn2)cc1. The number of carboxylic acid groups (broad SMARTS) is 1. The molecule has 0 spiro atoms. The van der Waals surface area contributed by atoms with Crippen molar-refractivity contribution in [1.29, 1.82) is 0 Å². The molecule has 1 unspecified atom stereocenters. The summed E-state index contributed by atoms with van der Waals surface area (Å²) in [4.78, 5) is 24.7. The quantitative estimate of drug-likeness (QED) is 0.910. The number of rotatable bonds is 5. The number of likely N-dealkylation sites (N-methyl/N-ethyl adjacent to an activating group) is 1. The molecule has 21 heavy (non-hydrogen) atoms. The normalized spacial score (nSPS) is 11.9. The zero-order chi connectivity index (χ0) is 15.4. The molecular weight excluding hydrogens is 270 g/mol. The van der Waals surface area contributed by atoms with E-state index in [2.05, 4.69) is 5.10 Å². The number of hydrogen-bond donors (Lipinski definition) is 1. The molecule has 110 valence electrons. The average molecular weight is 287 g/mol. The van der Waals surface area contributed by atoms with Gasteiger partial charge in [0.1, 0.15) is 6.04 Å². The molecular formula is C15H17N3O3. The van der Waals surface area contributed by atoms with Crippen molar-refractivity contribution < 1.29 is 14.7 Å². The third-order valence-electron chi connectivity index (χ3n) is 3.34. The zero-order valence-electron chi connectivity index (χ0n) is 11.9. The van der Waals surface area contributed by atoms with Crippen LogP contribution >= 0.6 is 0 Å². The maximum atomic E-state index is 12.3. The lowest BCUT2D eigenvalue weighted by Gasteiger charge is -2.23. The van der Waals surface area contributed by atoms with Crippen LogP contribution in [0.2, 0.25) is 0 Å². The molecule has 1 atom stereocenters. The minimum absolute atomic E-state index is 0.309. The summed E-state index contributed by atoms with van der Waals surface area (Å²) in [5.74, 6) is -1.31. The molecule has 1 N–H and O–H groups in total. The van der Waals surface area contributed by atoms with Crippen LogP contribution in [-0.4, -0.2) is 44.8 Å². The fourth-order valence-electron chi connectivity index (χ4n) is 2.14. The predicted molar refractivity (Wildman–Crippen MR) is 77.4 cm³/mol. The van der Waals surface area contributed by atoms with Crippen LogP contribution in [-0.2, 0) is 4.79 Å². The summed E-state index contributed by atoms with van der Waals surface area (Å²) >= 11 is 0. The Morgan fingerprint density at radius 1 is 1.33 bits per heavy atom. The van der Waals surface area contributed by atoms with Gasteiger partial charge in [-0.1, -0.05) is 6.92 Å². The monoisotopic (exact) mass is 287 g/mol. The lowest BCUT2D eigenvalue weighted by atomic mass is 10.1. The van der Waals surface area contributed by atoms with E-state index in [9.17, 15) is 9.59 Å². The zero-order valence-corrected chi connectivity index (χ0v) is 11.9. The fraction of sp³-hybridized carbons (Fsp3) is 0.267. The summed E-state index contributed by atoms with van der Waals surface area (Å²) in [6.07, 6.45) is 3.84. The molecule has 0 saturated carbocycles. The third kappa shape index (κ3) is 3.10. The first-order chi connectivity index (χ1) is 10.0. The summed E-state index contributed by atoms with van der Waals surface area (Å²) in [7, 11) is 1.51. The molecule has 2 aromatic rings. The molecule has 1 amide bonds. The van der Waals surface area contributed by atoms with Crippen LogP contribution in [0.3, 0.4) is 0 Å². The summed E-state index contributed by atoms with van der Waals surface area (Å²) in [5.41, 5.74) is 1.29. The van der Waals surface area contributed by atoms with Crippen molar-refractivity contribution in [2.75, 3.05) is 7.05 Å². The van der Waals surface area contributed by atoms with Gasteiger partial charge in [-0.25, -0.2) is 9.48 Å². The van der Waals surface area contributed by atoms with Crippen LogP contribution in [0, 0.1) is 0 Å². The first kappa shape index (κ1) is 14.8. The van der Waals surface area contributed by atoms with Gasteiger partial charge in [0.15, 0.2) is 0 Å². The molecule has 0 fully saturated rings. The van der Waals surface area contributed by atoms with Gasteiger partial charge in [0.25, 0.3) is 5.91 Å². The molecule has 6 heteroatoms. The number of aliphatic carboxylic acids is 1. The van der Waals surface area contributed by atoms with E-state index in [0.717, 1.165) is 5.69 Å². The predicted octanol–water partition coefficient (Wildman–Crippen LogP) is 1.81. The van der Waals surface area contributed by atoms with E-state index in [1.807, 2.05) is 6.07 Å². The second kappa shape index (κ2) is 6.21. The van der Waals surface area contributed by atoms with Crippen molar-refractivity contribution in [3.05, 3.63) is 48.3 Å². The van der Waals surface area contributed by atoms with Crippen LogP contribution in [0.15, 0.2) is 42.7 Å². The number of aromatic nitrogens is 2. The highest BCUT2D eigenvalue weighted by atomic mass is 16.4. The largest absolute Gasteiger partial charge is 0.480 e. The van der Waals surface area contributed by atoms with Crippen molar-refractivity contribution in [2.24, 2.45) is 0 Å². The molecule has 0 saturated heterocycles. The molecule has 1 aromatic carbocycles. The first-order valence-corrected chi connectivity index (χ1v) is 6.64. The van der Waals surface area contributed by atoms with E-state index in [-0.39, 0.29) is 5.91 Å². The maximum absolute atomic E-state index is 12.3. The molecule has 2 rings (SSSR count). The van der Waals surface area contributed by atoms with Gasteiger partial charge in [-0.15, -0.1) is 0 Å². The smallest absolute Gasteiger partial charge is 0.326 e. The number of amides is 1. The highest BCUT2D eigenvalue weighted by Crippen LogP contribution is 2.13. The van der Waals surface area contributed by atoms with Gasteiger partial charge >= 0.3 is 5.97 Å². The molecule has 0 radical (unpaired) electrons. The van der Waals surface area contributed by atoms with E-state index in [4.69, 9.17) is 5.11 Å². The number of carbonyl (C=O) groups is 2. The molecule has 1 aromatic heterocycles. The Morgan fingerprint density at radius 3 is 2.48 bits per heavy atom. The van der Waals surface area contributed by atoms with Gasteiger partial charge in [-0.2, -0.15) is 5.10 Å². The molecule has 0 aliphatic rings. The Balaban J connectivity index is 2.18. The number of carbonyl (C=O) groups excluding carboxylic acids is 1. The number of benzene rings is 1. The molecule has 0 aliphatic heterocycles. The standard InChI is InChI=1S/C15H17N3O3/c1-3-13(15(20)21)17(2)14(19)11-5-7-12(8-6-11)18-10-4-9-16-18/h4-10,13H,3H2,1-2H3,(H,20,21). The Morgan fingerprint density at radius 2 is 2.00 bits per heavy atom. The highest BCUT2D eigenvalue weighted by Gasteiger charge is 2.25. The fourth-order valence-corrected chi connectivity index (χ4v) is 2.14. The van der Waals surface area contributed by atoms with Gasteiger partial charge < -0.3 is 10.0 Å². The minimum Gasteiger partial charge on any atom is -0.480 e. The average Bonchev–Trinajstić information content (AvgIpc) is 3.01. The van der Waals surface area contributed by atoms with Crippen molar-refractivity contribution in [3.63, 3.8) is 0 Å². The van der Waals surface area contributed by atoms with Gasteiger partial charge in [0.05, 0.1) is 5.69 Å². The van der Waals surface area contributed by atoms with Crippen molar-refractivity contribution >= 4 is 11.9 Å². The van der Waals surface area contributed by atoms with Crippen molar-refractivity contribution in [2.45, 2.75) is 19.4 Å². The number of hydrogen-bond acceptors (Lipinski definition) is 3. The molecule has 6 nitrogen and oxygen atoms in total. The van der Waals surface area contributed by atoms with Gasteiger partial charge in [0.2, 0.25) is 0 Å². The van der Waals surface area contributed by atoms with E-state index in [0.29, 0.717) is 12.0 Å². The summed E-state index contributed by atoms with van der Waals surface area (Å²) in [6.45, 7) is 1.74. The second-order valence-corrected chi connectivity index (χ2v) is 4.68. The van der Waals surface area contributed by atoms with E-state index < -0.39 is 12.0 Å². The Hall–Kier alpha value is -2.63. The molecule has 1 heterocycles. The van der Waals surface area contributed by atoms with E-state index >= 15 is 0 Å². The number of nitrogens with zero attached hydrogens (tertiary/aromatic N) is 3. The van der Waals surface area contributed by atoms with Crippen molar-refractivity contribution in [3.8, 4) is 5.69 Å². The topological polar surface area (TPSA) is 75.4 Å². The van der Waals surface area contributed by atoms with Crippen LogP contribution in [0.5, 0.6) is 0 Å². The van der Waals surface area contributed by atoms with Gasteiger partial charge in [-0.3, -0.25) is 4.79 Å². The molecule has 0 bridgehead atoms. The third-order valence-corrected chi connectivity index (χ3v) is 3.34. The van der Waals surface area contributed by atoms with Crippen LogP contribution < -0.4 is 0 Å². The summed E-state index contributed by atoms with van der Waals surface area (Å²) in [6, 6.07) is 7.88. The highest BCUT2D eigenvalue weighted by molar-refractivity contribution is 5.96. The lowest BCUT2D eigenvalue weighted by Crippen LogP contribution is -2.41. The Kier molecular flexibility index (Phi) is 4.37. The lowest BCUT2D eigenvalue weighted by molar-refractivity contribution is -0.142. The maximum Gasteiger partial charge on any atom is 0.326 e. The summed E-state index contributed by atoms with van der Waals surface area (Å²) in [5, 5.41) is 13.2. The van der Waals surface area contributed by atoms with Crippen LogP contribution in [0.25, 0.3) is 5.69 Å². The van der Waals surface area contributed by atoms with Crippen molar-refractivity contribution in [1.82, 2.24) is 14.7 Å². The van der Waals surface area contributed by atoms with Gasteiger partial charge in [0, 0.05) is 25.0 Å². The Labute approximate surface area is 122 Å².